The first-order valence-electron chi connectivity index (χ1n) is 6.08. The highest BCUT2D eigenvalue weighted by Gasteiger charge is 2.41. The maximum atomic E-state index is 11.6. The molecule has 1 saturated heterocycles. The standard InChI is InChI=1S/C11H20N4O4/c1-7(2)13-10(19)14-8(16)5-15-4-3-11(12,6-15)9(17)18/h7H,3-6,12H2,1-2H3,(H,17,18)(H2,13,14,16,19). The van der Waals surface area contributed by atoms with Crippen molar-refractivity contribution in [3.63, 3.8) is 0 Å². The van der Waals surface area contributed by atoms with Crippen LogP contribution in [0.25, 0.3) is 0 Å². The zero-order chi connectivity index (χ0) is 14.6. The third-order valence-electron chi connectivity index (χ3n) is 2.85. The van der Waals surface area contributed by atoms with Gasteiger partial charge in [0.05, 0.1) is 6.54 Å². The molecule has 1 rings (SSSR count). The number of carbonyl (C=O) groups is 3. The molecule has 0 aromatic heterocycles. The summed E-state index contributed by atoms with van der Waals surface area (Å²) in [5.74, 6) is -1.55. The van der Waals surface area contributed by atoms with Gasteiger partial charge in [0.2, 0.25) is 5.91 Å². The van der Waals surface area contributed by atoms with Crippen molar-refractivity contribution >= 4 is 17.9 Å². The fourth-order valence-corrected chi connectivity index (χ4v) is 1.89. The first-order valence-corrected chi connectivity index (χ1v) is 6.08. The second kappa shape index (κ2) is 5.98. The highest BCUT2D eigenvalue weighted by atomic mass is 16.4. The van der Waals surface area contributed by atoms with E-state index in [0.717, 1.165) is 0 Å². The molecule has 0 spiro atoms. The molecule has 1 atom stereocenters. The fourth-order valence-electron chi connectivity index (χ4n) is 1.89. The van der Waals surface area contributed by atoms with Crippen molar-refractivity contribution in [1.82, 2.24) is 15.5 Å². The molecule has 0 aliphatic carbocycles. The van der Waals surface area contributed by atoms with Gasteiger partial charge in [-0.15, -0.1) is 0 Å². The number of nitrogens with zero attached hydrogens (tertiary/aromatic N) is 1. The molecule has 0 saturated carbocycles. The molecule has 5 N–H and O–H groups in total. The van der Waals surface area contributed by atoms with Crippen molar-refractivity contribution in [2.45, 2.75) is 31.8 Å². The van der Waals surface area contributed by atoms with Crippen LogP contribution in [-0.2, 0) is 9.59 Å². The predicted octanol–water partition coefficient (Wildman–Crippen LogP) is -1.29. The van der Waals surface area contributed by atoms with E-state index in [1.807, 2.05) is 0 Å². The topological polar surface area (TPSA) is 125 Å². The van der Waals surface area contributed by atoms with Crippen molar-refractivity contribution in [1.29, 1.82) is 0 Å². The van der Waals surface area contributed by atoms with E-state index in [1.165, 1.54) is 0 Å². The zero-order valence-electron chi connectivity index (χ0n) is 11.1. The smallest absolute Gasteiger partial charge is 0.325 e. The van der Waals surface area contributed by atoms with E-state index in [2.05, 4.69) is 10.6 Å². The summed E-state index contributed by atoms with van der Waals surface area (Å²) in [6, 6.07) is -0.625. The molecule has 1 heterocycles. The van der Waals surface area contributed by atoms with Gasteiger partial charge in [0, 0.05) is 19.1 Å². The lowest BCUT2D eigenvalue weighted by Crippen LogP contribution is -2.51. The Morgan fingerprint density at radius 3 is 2.53 bits per heavy atom. The van der Waals surface area contributed by atoms with Gasteiger partial charge in [-0.2, -0.15) is 0 Å². The number of aliphatic carboxylic acids is 1. The van der Waals surface area contributed by atoms with Gasteiger partial charge in [-0.05, 0) is 20.3 Å². The van der Waals surface area contributed by atoms with E-state index in [0.29, 0.717) is 6.54 Å². The molecule has 0 aromatic carbocycles. The Morgan fingerprint density at radius 2 is 2.05 bits per heavy atom. The average Bonchev–Trinajstić information content (AvgIpc) is 2.59. The van der Waals surface area contributed by atoms with Gasteiger partial charge in [0.1, 0.15) is 5.54 Å². The summed E-state index contributed by atoms with van der Waals surface area (Å²) in [5.41, 5.74) is 4.38. The number of urea groups is 1. The molecule has 1 aliphatic rings. The van der Waals surface area contributed by atoms with Crippen LogP contribution in [0.2, 0.25) is 0 Å². The molecular formula is C11H20N4O4. The summed E-state index contributed by atoms with van der Waals surface area (Å²) in [5, 5.41) is 13.7. The highest BCUT2D eigenvalue weighted by Crippen LogP contribution is 2.18. The van der Waals surface area contributed by atoms with Gasteiger partial charge < -0.3 is 16.2 Å². The molecule has 108 valence electrons. The number of carboxylic acid groups (broad SMARTS) is 1. The van der Waals surface area contributed by atoms with Crippen LogP contribution in [0.5, 0.6) is 0 Å². The maximum Gasteiger partial charge on any atom is 0.325 e. The summed E-state index contributed by atoms with van der Waals surface area (Å²) in [6.45, 7) is 4.03. The van der Waals surface area contributed by atoms with Crippen molar-refractivity contribution in [3.8, 4) is 0 Å². The first kappa shape index (κ1) is 15.4. The minimum atomic E-state index is -1.31. The van der Waals surface area contributed by atoms with Gasteiger partial charge >= 0.3 is 12.0 Å². The Morgan fingerprint density at radius 1 is 1.42 bits per heavy atom. The number of nitrogens with two attached hydrogens (primary N) is 1. The molecule has 19 heavy (non-hydrogen) atoms. The maximum absolute atomic E-state index is 11.6. The molecule has 3 amide bonds. The van der Waals surface area contributed by atoms with Gasteiger partial charge in [-0.1, -0.05) is 0 Å². The van der Waals surface area contributed by atoms with Gasteiger partial charge in [0.15, 0.2) is 0 Å². The van der Waals surface area contributed by atoms with E-state index in [9.17, 15) is 14.4 Å². The summed E-state index contributed by atoms with van der Waals surface area (Å²) < 4.78 is 0. The lowest BCUT2D eigenvalue weighted by molar-refractivity contribution is -0.143. The molecule has 0 radical (unpaired) electrons. The van der Waals surface area contributed by atoms with Crippen molar-refractivity contribution in [2.24, 2.45) is 5.73 Å². The van der Waals surface area contributed by atoms with Crippen LogP contribution >= 0.6 is 0 Å². The van der Waals surface area contributed by atoms with Crippen LogP contribution in [0.15, 0.2) is 0 Å². The largest absolute Gasteiger partial charge is 0.480 e. The quantitative estimate of drug-likeness (QED) is 0.504. The van der Waals surface area contributed by atoms with E-state index in [1.54, 1.807) is 18.7 Å². The molecule has 1 unspecified atom stereocenters. The molecular weight excluding hydrogens is 252 g/mol. The monoisotopic (exact) mass is 272 g/mol. The number of rotatable bonds is 4. The fraction of sp³-hybridized carbons (Fsp3) is 0.727. The Hall–Kier alpha value is -1.67. The lowest BCUT2D eigenvalue weighted by atomic mass is 10.0. The van der Waals surface area contributed by atoms with Crippen LogP contribution in [0, 0.1) is 0 Å². The SMILES string of the molecule is CC(C)NC(=O)NC(=O)CN1CCC(N)(C(=O)O)C1. The second-order valence-corrected chi connectivity index (χ2v) is 5.10. The number of carboxylic acids is 1. The lowest BCUT2D eigenvalue weighted by Gasteiger charge is -2.19. The number of likely N-dealkylation sites (tertiary alicyclic amines) is 1. The van der Waals surface area contributed by atoms with Crippen LogP contribution < -0.4 is 16.4 Å². The third-order valence-corrected chi connectivity index (χ3v) is 2.85. The summed E-state index contributed by atoms with van der Waals surface area (Å²) >= 11 is 0. The van der Waals surface area contributed by atoms with Crippen LogP contribution in [-0.4, -0.2) is 59.1 Å². The van der Waals surface area contributed by atoms with Crippen LogP contribution in [0.1, 0.15) is 20.3 Å². The van der Waals surface area contributed by atoms with Crippen molar-refractivity contribution in [2.75, 3.05) is 19.6 Å². The number of imide groups is 1. The Balaban J connectivity index is 2.39. The summed E-state index contributed by atoms with van der Waals surface area (Å²) in [6.07, 6.45) is 0.286. The van der Waals surface area contributed by atoms with Crippen LogP contribution in [0.4, 0.5) is 4.79 Å². The Bertz CT molecular complexity index is 385. The third kappa shape index (κ3) is 4.49. The van der Waals surface area contributed by atoms with Crippen molar-refractivity contribution < 1.29 is 19.5 Å². The number of hydrogen-bond acceptors (Lipinski definition) is 5. The average molecular weight is 272 g/mol. The molecule has 0 bridgehead atoms. The molecule has 1 aliphatic heterocycles. The molecule has 8 nitrogen and oxygen atoms in total. The molecule has 1 fully saturated rings. The first-order chi connectivity index (χ1) is 8.73. The minimum Gasteiger partial charge on any atom is -0.480 e. The summed E-state index contributed by atoms with van der Waals surface area (Å²) in [4.78, 5) is 35.4. The van der Waals surface area contributed by atoms with Crippen LogP contribution in [0.3, 0.4) is 0 Å². The Kier molecular flexibility index (Phi) is 4.84. The summed E-state index contributed by atoms with van der Waals surface area (Å²) in [7, 11) is 0. The zero-order valence-corrected chi connectivity index (χ0v) is 11.1. The minimum absolute atomic E-state index is 0.0439. The number of amides is 3. The van der Waals surface area contributed by atoms with E-state index < -0.39 is 23.4 Å². The highest BCUT2D eigenvalue weighted by molar-refractivity contribution is 5.95. The molecule has 0 aromatic rings. The van der Waals surface area contributed by atoms with Gasteiger partial charge in [-0.25, -0.2) is 4.79 Å². The van der Waals surface area contributed by atoms with Gasteiger partial charge in [-0.3, -0.25) is 19.8 Å². The number of hydrogen-bond donors (Lipinski definition) is 4. The van der Waals surface area contributed by atoms with Crippen molar-refractivity contribution in [3.05, 3.63) is 0 Å². The molecule has 8 heteroatoms. The van der Waals surface area contributed by atoms with E-state index >= 15 is 0 Å². The number of nitrogens with one attached hydrogen (secondary N) is 2. The second-order valence-electron chi connectivity index (χ2n) is 5.10. The van der Waals surface area contributed by atoms with E-state index in [-0.39, 0.29) is 25.6 Å². The predicted molar refractivity (Wildman–Crippen MR) is 67.4 cm³/mol. The van der Waals surface area contributed by atoms with Gasteiger partial charge in [0.25, 0.3) is 0 Å². The normalized spacial score (nSPS) is 23.4. The van der Waals surface area contributed by atoms with E-state index in [4.69, 9.17) is 10.8 Å². The number of carbonyl (C=O) groups excluding carboxylic acids is 2. The Labute approximate surface area is 111 Å².